The molecule has 0 radical (unpaired) electrons. The number of hydrogen-bond donors (Lipinski definition) is 1. The molecule has 1 aromatic carbocycles. The fraction of sp³-hybridized carbons (Fsp3) is 0.375. The molecule has 5 nitrogen and oxygen atoms in total. The number of halogens is 1. The fourth-order valence-electron chi connectivity index (χ4n) is 2.54. The van der Waals surface area contributed by atoms with Crippen molar-refractivity contribution in [3.63, 3.8) is 0 Å². The summed E-state index contributed by atoms with van der Waals surface area (Å²) in [4.78, 5) is 12.4. The fourth-order valence-corrected chi connectivity index (χ4v) is 2.54. The van der Waals surface area contributed by atoms with Gasteiger partial charge in [0.1, 0.15) is 22.8 Å². The Balaban J connectivity index is 1.79. The number of carbonyl (C=O) groups is 1. The SMILES string of the molecule is Cc1onc(-c2ccc(F)cc2)c1C(=O)NC[C@@H]1CCCO1. The molecular weight excluding hydrogens is 287 g/mol. The topological polar surface area (TPSA) is 64.4 Å². The lowest BCUT2D eigenvalue weighted by Gasteiger charge is -2.10. The smallest absolute Gasteiger partial charge is 0.257 e. The van der Waals surface area contributed by atoms with Crippen LogP contribution in [0.2, 0.25) is 0 Å². The summed E-state index contributed by atoms with van der Waals surface area (Å²) >= 11 is 0. The predicted molar refractivity (Wildman–Crippen MR) is 77.9 cm³/mol. The van der Waals surface area contributed by atoms with E-state index in [-0.39, 0.29) is 17.8 Å². The van der Waals surface area contributed by atoms with Gasteiger partial charge in [0.25, 0.3) is 5.91 Å². The van der Waals surface area contributed by atoms with Gasteiger partial charge >= 0.3 is 0 Å². The van der Waals surface area contributed by atoms with Gasteiger partial charge in [-0.3, -0.25) is 4.79 Å². The van der Waals surface area contributed by atoms with Gasteiger partial charge in [0.2, 0.25) is 0 Å². The summed E-state index contributed by atoms with van der Waals surface area (Å²) in [6.45, 7) is 2.89. The standard InChI is InChI=1S/C16H17FN2O3/c1-10-14(16(20)18-9-13-3-2-8-21-13)15(19-22-10)11-4-6-12(17)7-5-11/h4-7,13H,2-3,8-9H2,1H3,(H,18,20)/t13-/m0/s1. The van der Waals surface area contributed by atoms with Crippen LogP contribution in [0.15, 0.2) is 28.8 Å². The Labute approximate surface area is 127 Å². The number of rotatable bonds is 4. The van der Waals surface area contributed by atoms with Crippen LogP contribution in [0.1, 0.15) is 29.0 Å². The first-order chi connectivity index (χ1) is 10.6. The van der Waals surface area contributed by atoms with Gasteiger partial charge in [0.05, 0.1) is 6.10 Å². The molecule has 116 valence electrons. The second kappa shape index (κ2) is 6.27. The van der Waals surface area contributed by atoms with Gasteiger partial charge in [0.15, 0.2) is 0 Å². The van der Waals surface area contributed by atoms with Gasteiger partial charge in [-0.2, -0.15) is 0 Å². The maximum atomic E-state index is 13.0. The Morgan fingerprint density at radius 1 is 1.41 bits per heavy atom. The predicted octanol–water partition coefficient (Wildman–Crippen LogP) is 2.70. The van der Waals surface area contributed by atoms with Crippen molar-refractivity contribution in [2.45, 2.75) is 25.9 Å². The number of aryl methyl sites for hydroxylation is 1. The molecular formula is C16H17FN2O3. The van der Waals surface area contributed by atoms with Crippen LogP contribution in [-0.2, 0) is 4.74 Å². The Bertz CT molecular complexity index is 661. The minimum atomic E-state index is -0.339. The zero-order valence-corrected chi connectivity index (χ0v) is 12.3. The number of carbonyl (C=O) groups excluding carboxylic acids is 1. The minimum Gasteiger partial charge on any atom is -0.376 e. The van der Waals surface area contributed by atoms with Crippen LogP contribution < -0.4 is 5.32 Å². The number of benzene rings is 1. The summed E-state index contributed by atoms with van der Waals surface area (Å²) in [5, 5.41) is 6.78. The molecule has 0 aliphatic carbocycles. The van der Waals surface area contributed by atoms with Crippen molar-refractivity contribution >= 4 is 5.91 Å². The van der Waals surface area contributed by atoms with Crippen molar-refractivity contribution < 1.29 is 18.4 Å². The first-order valence-corrected chi connectivity index (χ1v) is 7.27. The van der Waals surface area contributed by atoms with Crippen LogP contribution in [0.25, 0.3) is 11.3 Å². The van der Waals surface area contributed by atoms with E-state index in [0.29, 0.717) is 29.1 Å². The molecule has 1 fully saturated rings. The first kappa shape index (κ1) is 14.7. The molecule has 1 aliphatic rings. The molecule has 6 heteroatoms. The average Bonchev–Trinajstić information content (AvgIpc) is 3.15. The second-order valence-electron chi connectivity index (χ2n) is 5.31. The average molecular weight is 304 g/mol. The van der Waals surface area contributed by atoms with Crippen LogP contribution >= 0.6 is 0 Å². The largest absolute Gasteiger partial charge is 0.376 e. The van der Waals surface area contributed by atoms with Gasteiger partial charge in [-0.1, -0.05) is 5.16 Å². The Kier molecular flexibility index (Phi) is 4.20. The Morgan fingerprint density at radius 2 is 2.18 bits per heavy atom. The Morgan fingerprint density at radius 3 is 2.86 bits per heavy atom. The zero-order valence-electron chi connectivity index (χ0n) is 12.3. The van der Waals surface area contributed by atoms with E-state index < -0.39 is 0 Å². The third kappa shape index (κ3) is 3.01. The third-order valence-corrected chi connectivity index (χ3v) is 3.72. The highest BCUT2D eigenvalue weighted by molar-refractivity contribution is 6.00. The summed E-state index contributed by atoms with van der Waals surface area (Å²) in [6.07, 6.45) is 2.04. The maximum Gasteiger partial charge on any atom is 0.257 e. The van der Waals surface area contributed by atoms with Crippen molar-refractivity contribution in [3.05, 3.63) is 41.4 Å². The quantitative estimate of drug-likeness (QED) is 0.943. The van der Waals surface area contributed by atoms with Gasteiger partial charge in [-0.25, -0.2) is 4.39 Å². The van der Waals surface area contributed by atoms with E-state index >= 15 is 0 Å². The molecule has 3 rings (SSSR count). The minimum absolute atomic E-state index is 0.0680. The van der Waals surface area contributed by atoms with Crippen molar-refractivity contribution in [1.82, 2.24) is 10.5 Å². The monoisotopic (exact) mass is 304 g/mol. The molecule has 2 aromatic rings. The molecule has 0 bridgehead atoms. The summed E-state index contributed by atoms with van der Waals surface area (Å²) < 4.78 is 23.6. The van der Waals surface area contributed by atoms with Crippen molar-refractivity contribution in [2.75, 3.05) is 13.2 Å². The number of nitrogens with zero attached hydrogens (tertiary/aromatic N) is 1. The number of ether oxygens (including phenoxy) is 1. The molecule has 22 heavy (non-hydrogen) atoms. The molecule has 1 aliphatic heterocycles. The van der Waals surface area contributed by atoms with E-state index in [0.717, 1.165) is 19.4 Å². The van der Waals surface area contributed by atoms with Gasteiger partial charge in [0, 0.05) is 18.7 Å². The van der Waals surface area contributed by atoms with Crippen molar-refractivity contribution in [3.8, 4) is 11.3 Å². The molecule has 1 aromatic heterocycles. The van der Waals surface area contributed by atoms with Crippen LogP contribution in [-0.4, -0.2) is 30.3 Å². The highest BCUT2D eigenvalue weighted by atomic mass is 19.1. The van der Waals surface area contributed by atoms with Crippen LogP contribution in [0, 0.1) is 12.7 Å². The van der Waals surface area contributed by atoms with Crippen LogP contribution in [0.3, 0.4) is 0 Å². The summed E-state index contributed by atoms with van der Waals surface area (Å²) in [5.74, 6) is -0.161. The lowest BCUT2D eigenvalue weighted by atomic mass is 10.1. The van der Waals surface area contributed by atoms with E-state index in [9.17, 15) is 9.18 Å². The second-order valence-corrected chi connectivity index (χ2v) is 5.31. The van der Waals surface area contributed by atoms with E-state index in [4.69, 9.17) is 9.26 Å². The highest BCUT2D eigenvalue weighted by Crippen LogP contribution is 2.25. The summed E-state index contributed by atoms with van der Waals surface area (Å²) in [7, 11) is 0. The van der Waals surface area contributed by atoms with E-state index in [1.165, 1.54) is 12.1 Å². The lowest BCUT2D eigenvalue weighted by molar-refractivity contribution is 0.0857. The maximum absolute atomic E-state index is 13.0. The summed E-state index contributed by atoms with van der Waals surface area (Å²) in [5.41, 5.74) is 1.44. The van der Waals surface area contributed by atoms with Crippen molar-refractivity contribution in [1.29, 1.82) is 0 Å². The molecule has 2 heterocycles. The third-order valence-electron chi connectivity index (χ3n) is 3.72. The van der Waals surface area contributed by atoms with E-state index in [1.54, 1.807) is 19.1 Å². The molecule has 0 unspecified atom stereocenters. The van der Waals surface area contributed by atoms with Gasteiger partial charge in [-0.05, 0) is 44.0 Å². The Hall–Kier alpha value is -2.21. The molecule has 0 spiro atoms. The zero-order chi connectivity index (χ0) is 15.5. The first-order valence-electron chi connectivity index (χ1n) is 7.27. The van der Waals surface area contributed by atoms with Crippen molar-refractivity contribution in [2.24, 2.45) is 0 Å². The van der Waals surface area contributed by atoms with Gasteiger partial charge < -0.3 is 14.6 Å². The number of amides is 1. The molecule has 1 N–H and O–H groups in total. The van der Waals surface area contributed by atoms with E-state index in [1.807, 2.05) is 0 Å². The lowest BCUT2D eigenvalue weighted by Crippen LogP contribution is -2.32. The highest BCUT2D eigenvalue weighted by Gasteiger charge is 2.23. The van der Waals surface area contributed by atoms with E-state index in [2.05, 4.69) is 10.5 Å². The van der Waals surface area contributed by atoms with Crippen LogP contribution in [0.4, 0.5) is 4.39 Å². The van der Waals surface area contributed by atoms with Gasteiger partial charge in [-0.15, -0.1) is 0 Å². The molecule has 0 saturated carbocycles. The number of aromatic nitrogens is 1. The summed E-state index contributed by atoms with van der Waals surface area (Å²) in [6, 6.07) is 5.80. The molecule has 1 atom stereocenters. The molecule has 1 saturated heterocycles. The molecule has 1 amide bonds. The number of hydrogen-bond acceptors (Lipinski definition) is 4. The normalized spacial score (nSPS) is 17.6. The van der Waals surface area contributed by atoms with Crippen LogP contribution in [0.5, 0.6) is 0 Å². The number of nitrogens with one attached hydrogen (secondary N) is 1.